The molecule has 18 heteroatoms. The summed E-state index contributed by atoms with van der Waals surface area (Å²) in [7, 11) is 3.41. The number of aryl methyl sites for hydroxylation is 2. The van der Waals surface area contributed by atoms with E-state index in [2.05, 4.69) is 49.2 Å². The lowest BCUT2D eigenvalue weighted by atomic mass is 10.0. The molecule has 74 heavy (non-hydrogen) atoms. The summed E-state index contributed by atoms with van der Waals surface area (Å²) in [6.45, 7) is 8.75. The van der Waals surface area contributed by atoms with E-state index in [4.69, 9.17) is 39.6 Å². The van der Waals surface area contributed by atoms with Gasteiger partial charge in [-0.25, -0.2) is 9.18 Å². The highest BCUT2D eigenvalue weighted by Crippen LogP contribution is 2.39. The molecule has 1 atom stereocenters. The average Bonchev–Trinajstić information content (AvgIpc) is 4.26. The molecule has 1 N–H and O–H groups in total. The van der Waals surface area contributed by atoms with E-state index in [0.29, 0.717) is 88.6 Å². The van der Waals surface area contributed by atoms with Crippen LogP contribution < -0.4 is 20.4 Å². The lowest BCUT2D eigenvalue weighted by Crippen LogP contribution is -2.48. The van der Waals surface area contributed by atoms with Crippen molar-refractivity contribution >= 4 is 34.3 Å². The highest BCUT2D eigenvalue weighted by atomic mass is 19.1. The maximum Gasteiger partial charge on any atom is 0.409 e. The normalized spacial score (nSPS) is 14.5. The first-order valence-corrected chi connectivity index (χ1v) is 25.4. The van der Waals surface area contributed by atoms with Crippen LogP contribution in [0.4, 0.5) is 20.6 Å². The van der Waals surface area contributed by atoms with Crippen molar-refractivity contribution in [2.45, 2.75) is 70.7 Å². The van der Waals surface area contributed by atoms with Gasteiger partial charge in [0.15, 0.2) is 17.0 Å². The predicted molar refractivity (Wildman–Crippen MR) is 280 cm³/mol. The Morgan fingerprint density at radius 1 is 0.851 bits per heavy atom. The van der Waals surface area contributed by atoms with Crippen molar-refractivity contribution in [3.8, 4) is 18.1 Å². The van der Waals surface area contributed by atoms with Gasteiger partial charge < -0.3 is 52.8 Å². The Balaban J connectivity index is 0.827. The molecule has 0 bridgehead atoms. The van der Waals surface area contributed by atoms with E-state index in [0.717, 1.165) is 67.0 Å². The largest absolute Gasteiger partial charge is 0.489 e. The van der Waals surface area contributed by atoms with Crippen LogP contribution in [0.15, 0.2) is 84.0 Å². The molecule has 5 aromatic rings. The van der Waals surface area contributed by atoms with E-state index >= 15 is 4.39 Å². The minimum atomic E-state index is -0.668. The van der Waals surface area contributed by atoms with Gasteiger partial charge in [-0.1, -0.05) is 18.1 Å². The Kier molecular flexibility index (Phi) is 21.6. The van der Waals surface area contributed by atoms with Gasteiger partial charge in [0, 0.05) is 98.7 Å². The van der Waals surface area contributed by atoms with Gasteiger partial charge >= 0.3 is 6.09 Å². The number of nitrogens with zero attached hydrogens (tertiary/aromatic N) is 6. The molecule has 4 heterocycles. The van der Waals surface area contributed by atoms with Crippen molar-refractivity contribution < 1.29 is 47.1 Å². The van der Waals surface area contributed by atoms with Crippen molar-refractivity contribution in [2.24, 2.45) is 7.05 Å². The van der Waals surface area contributed by atoms with Crippen LogP contribution in [0.1, 0.15) is 66.1 Å². The molecule has 1 aliphatic carbocycles. The first kappa shape index (κ1) is 55.3. The van der Waals surface area contributed by atoms with Crippen LogP contribution in [0.5, 0.6) is 5.75 Å². The van der Waals surface area contributed by atoms with Gasteiger partial charge in [-0.15, -0.1) is 6.42 Å². The van der Waals surface area contributed by atoms with Gasteiger partial charge in [-0.2, -0.15) is 0 Å². The molecule has 2 aromatic carbocycles. The zero-order valence-electron chi connectivity index (χ0n) is 42.9. The van der Waals surface area contributed by atoms with Gasteiger partial charge in [0.05, 0.1) is 89.8 Å². The number of nitrogens with one attached hydrogen (secondary N) is 1. The van der Waals surface area contributed by atoms with E-state index in [1.807, 2.05) is 43.2 Å². The number of hydrogen-bond donors (Lipinski definition) is 1. The summed E-state index contributed by atoms with van der Waals surface area (Å²) in [5, 5.41) is 3.10. The molecule has 0 radical (unpaired) electrons. The zero-order valence-corrected chi connectivity index (χ0v) is 42.9. The first-order valence-electron chi connectivity index (χ1n) is 25.4. The van der Waals surface area contributed by atoms with Crippen LogP contribution in [-0.2, 0) is 60.0 Å². The number of amides is 2. The minimum absolute atomic E-state index is 0.00116. The topological polar surface area (TPSA) is 168 Å². The average molecular weight is 1020 g/mol. The van der Waals surface area contributed by atoms with Gasteiger partial charge in [0.2, 0.25) is 5.91 Å². The number of fused-ring (bicyclic) bond motifs is 1. The molecule has 2 fully saturated rings. The van der Waals surface area contributed by atoms with Gasteiger partial charge in [0.25, 0.3) is 0 Å². The molecule has 1 saturated heterocycles. The van der Waals surface area contributed by atoms with E-state index in [1.54, 1.807) is 31.3 Å². The van der Waals surface area contributed by atoms with Crippen molar-refractivity contribution in [3.63, 3.8) is 0 Å². The summed E-state index contributed by atoms with van der Waals surface area (Å²) in [6, 6.07) is 18.3. The number of piperidine rings is 1. The van der Waals surface area contributed by atoms with E-state index < -0.39 is 11.9 Å². The summed E-state index contributed by atoms with van der Waals surface area (Å²) in [4.78, 5) is 54.8. The van der Waals surface area contributed by atoms with Crippen LogP contribution in [0.2, 0.25) is 0 Å². The van der Waals surface area contributed by atoms with Gasteiger partial charge in [-0.3, -0.25) is 24.5 Å². The Morgan fingerprint density at radius 3 is 2.26 bits per heavy atom. The number of benzene rings is 2. The molecule has 396 valence electrons. The molecule has 0 spiro atoms. The predicted octanol–water partition coefficient (Wildman–Crippen LogP) is 7.02. The van der Waals surface area contributed by atoms with E-state index in [9.17, 15) is 14.4 Å². The SMILES string of the molecule is C#CCOCCOCCOCCOCCOCCC(=O)Nc1ccc(COC(=O)N(C)CCOc2cc3c(cc2F)c(=O)c(CN(Cc2ccnc(C4CC4)c2)[C@H]2CCCN(c4ccc(C)nc4)C2)cn3C)cc1. The number of likely N-dealkylation sites (N-methyl/N-ethyl adjacent to an activating group) is 1. The van der Waals surface area contributed by atoms with Gasteiger partial charge in [0.1, 0.15) is 19.8 Å². The smallest absolute Gasteiger partial charge is 0.409 e. The summed E-state index contributed by atoms with van der Waals surface area (Å²) in [6.07, 6.45) is 14.7. The summed E-state index contributed by atoms with van der Waals surface area (Å²) >= 11 is 0. The third-order valence-electron chi connectivity index (χ3n) is 12.8. The third kappa shape index (κ3) is 17.3. The Labute approximate surface area is 433 Å². The van der Waals surface area contributed by atoms with Crippen LogP contribution in [0.25, 0.3) is 10.9 Å². The second-order valence-electron chi connectivity index (χ2n) is 18.6. The van der Waals surface area contributed by atoms with Gasteiger partial charge in [-0.05, 0) is 86.2 Å². The van der Waals surface area contributed by atoms with Crippen molar-refractivity contribution in [1.29, 1.82) is 0 Å². The summed E-state index contributed by atoms with van der Waals surface area (Å²) in [5.74, 6) is 2.02. The zero-order chi connectivity index (χ0) is 52.1. The fourth-order valence-corrected chi connectivity index (χ4v) is 8.59. The van der Waals surface area contributed by atoms with Crippen LogP contribution in [0, 0.1) is 25.1 Å². The fraction of sp³-hybridized carbons (Fsp3) is 0.482. The van der Waals surface area contributed by atoms with Crippen LogP contribution >= 0.6 is 0 Å². The third-order valence-corrected chi connectivity index (χ3v) is 12.8. The lowest BCUT2D eigenvalue weighted by molar-refractivity contribution is -0.117. The summed E-state index contributed by atoms with van der Waals surface area (Å²) < 4.78 is 55.9. The molecule has 2 aliphatic rings. The maximum absolute atomic E-state index is 15.8. The Hall–Kier alpha value is -6.46. The number of hydrogen-bond acceptors (Lipinski definition) is 14. The van der Waals surface area contributed by atoms with E-state index in [-0.39, 0.29) is 67.9 Å². The van der Waals surface area contributed by atoms with Crippen molar-refractivity contribution in [3.05, 3.63) is 123 Å². The number of anilines is 2. The second kappa shape index (κ2) is 28.8. The van der Waals surface area contributed by atoms with E-state index in [1.165, 1.54) is 17.0 Å². The number of terminal acetylenes is 1. The number of aromatic nitrogens is 3. The standard InChI is InChI=1S/C56H70FN7O10/c1-5-21-68-24-26-70-28-30-72-31-29-71-27-25-69-22-17-54(65)60-46-13-9-42(10-14-46)40-74-56(67)61(3)20-23-73-53-34-52-49(33-50(53)57)55(66)45(37-62(52)4)38-64(36-43-16-18-58-51(32-43)44-11-12-44)48-7-6-19-63(39-48)47-15-8-41(2)59-35-47/h1,8-10,13-16,18,32-35,37,44,48H,6-7,11-12,17,19-31,36,38-40H2,2-4H3,(H,60,65)/t48-/m0/s1. The lowest BCUT2D eigenvalue weighted by Gasteiger charge is -2.40. The number of halogens is 1. The molecule has 0 unspecified atom stereocenters. The quantitative estimate of drug-likeness (QED) is 0.0368. The minimum Gasteiger partial charge on any atom is -0.489 e. The molecular formula is C56H70FN7O10. The highest BCUT2D eigenvalue weighted by molar-refractivity contribution is 5.90. The molecule has 1 saturated carbocycles. The summed E-state index contributed by atoms with van der Waals surface area (Å²) in [5.41, 5.74) is 6.54. The molecule has 3 aromatic heterocycles. The Morgan fingerprint density at radius 2 is 1.57 bits per heavy atom. The van der Waals surface area contributed by atoms with Crippen LogP contribution in [0.3, 0.4) is 0 Å². The van der Waals surface area contributed by atoms with Crippen molar-refractivity contribution in [2.75, 3.05) is 110 Å². The molecule has 2 amide bonds. The maximum atomic E-state index is 15.8. The van der Waals surface area contributed by atoms with Crippen LogP contribution in [-0.4, -0.2) is 142 Å². The molecule has 1 aliphatic heterocycles. The second-order valence-corrected chi connectivity index (χ2v) is 18.6. The number of carbonyl (C=O) groups excluding carboxylic acids is 2. The number of pyridine rings is 3. The fourth-order valence-electron chi connectivity index (χ4n) is 8.59. The molecular weight excluding hydrogens is 950 g/mol. The van der Waals surface area contributed by atoms with Crippen molar-refractivity contribution in [1.82, 2.24) is 24.3 Å². The molecule has 7 rings (SSSR count). The molecule has 17 nitrogen and oxygen atoms in total. The number of ether oxygens (including phenoxy) is 7. The first-order chi connectivity index (χ1) is 36.0. The Bertz CT molecular complexity index is 2680. The monoisotopic (exact) mass is 1020 g/mol. The number of rotatable bonds is 30. The number of carbonyl (C=O) groups is 2. The highest BCUT2D eigenvalue weighted by Gasteiger charge is 2.29.